The topological polar surface area (TPSA) is 3.24 Å². The van der Waals surface area contributed by atoms with Gasteiger partial charge in [0.25, 0.3) is 0 Å². The first-order valence-electron chi connectivity index (χ1n) is 5.13. The molecule has 72 valence electrons. The largest absolute Gasteiger partial charge is 0.304 e. The van der Waals surface area contributed by atoms with Crippen LogP contribution in [0.4, 0.5) is 0 Å². The molecule has 13 heavy (non-hydrogen) atoms. The number of hydrogen-bond acceptors (Lipinski definition) is 1. The van der Waals surface area contributed by atoms with Gasteiger partial charge >= 0.3 is 0 Å². The van der Waals surface area contributed by atoms with Gasteiger partial charge in [-0.2, -0.15) is 0 Å². The molecule has 0 aliphatic carbocycles. The van der Waals surface area contributed by atoms with Crippen LogP contribution in [0.1, 0.15) is 19.4 Å². The SMILES string of the molecule is CCN(CC)CCc1ccccc1. The van der Waals surface area contributed by atoms with Gasteiger partial charge < -0.3 is 4.90 Å². The fourth-order valence-electron chi connectivity index (χ4n) is 1.47. The van der Waals surface area contributed by atoms with Crippen LogP contribution in [0, 0.1) is 0 Å². The van der Waals surface area contributed by atoms with Crippen molar-refractivity contribution in [3.63, 3.8) is 0 Å². The normalized spacial score (nSPS) is 10.7. The smallest absolute Gasteiger partial charge is 0.00216 e. The highest BCUT2D eigenvalue weighted by Gasteiger charge is 1.98. The minimum absolute atomic E-state index is 1.16. The first kappa shape index (κ1) is 10.3. The van der Waals surface area contributed by atoms with E-state index in [0.29, 0.717) is 0 Å². The molecule has 1 rings (SSSR count). The van der Waals surface area contributed by atoms with Crippen molar-refractivity contribution in [3.05, 3.63) is 35.9 Å². The highest BCUT2D eigenvalue weighted by atomic mass is 15.1. The summed E-state index contributed by atoms with van der Waals surface area (Å²) in [4.78, 5) is 2.45. The van der Waals surface area contributed by atoms with E-state index < -0.39 is 0 Å². The Morgan fingerprint density at radius 2 is 1.62 bits per heavy atom. The molecular formula is C12H19N. The lowest BCUT2D eigenvalue weighted by molar-refractivity contribution is 0.308. The van der Waals surface area contributed by atoms with E-state index in [2.05, 4.69) is 49.1 Å². The standard InChI is InChI=1S/C12H19N/c1-3-13(4-2)11-10-12-8-6-5-7-9-12/h5-9H,3-4,10-11H2,1-2H3. The molecule has 0 saturated heterocycles. The quantitative estimate of drug-likeness (QED) is 0.668. The van der Waals surface area contributed by atoms with Crippen LogP contribution in [-0.2, 0) is 6.42 Å². The molecule has 0 aliphatic heterocycles. The van der Waals surface area contributed by atoms with Crippen LogP contribution in [-0.4, -0.2) is 24.5 Å². The summed E-state index contributed by atoms with van der Waals surface area (Å²) in [6.07, 6.45) is 1.17. The zero-order valence-electron chi connectivity index (χ0n) is 8.66. The summed E-state index contributed by atoms with van der Waals surface area (Å²) in [6.45, 7) is 7.92. The Kier molecular flexibility index (Phi) is 4.55. The second kappa shape index (κ2) is 5.76. The maximum atomic E-state index is 2.45. The number of nitrogens with zero attached hydrogens (tertiary/aromatic N) is 1. The lowest BCUT2D eigenvalue weighted by Gasteiger charge is -2.17. The van der Waals surface area contributed by atoms with Gasteiger partial charge in [-0.15, -0.1) is 0 Å². The summed E-state index contributed by atoms with van der Waals surface area (Å²) in [5.41, 5.74) is 1.44. The Bertz CT molecular complexity index is 214. The molecular weight excluding hydrogens is 158 g/mol. The van der Waals surface area contributed by atoms with Crippen molar-refractivity contribution in [3.8, 4) is 0 Å². The Morgan fingerprint density at radius 1 is 1.00 bits per heavy atom. The van der Waals surface area contributed by atoms with Crippen LogP contribution in [0.2, 0.25) is 0 Å². The summed E-state index contributed by atoms with van der Waals surface area (Å²) in [7, 11) is 0. The minimum atomic E-state index is 1.16. The van der Waals surface area contributed by atoms with Crippen molar-refractivity contribution in [2.45, 2.75) is 20.3 Å². The van der Waals surface area contributed by atoms with E-state index in [4.69, 9.17) is 0 Å². The van der Waals surface area contributed by atoms with Crippen LogP contribution in [0.25, 0.3) is 0 Å². The number of rotatable bonds is 5. The van der Waals surface area contributed by atoms with Crippen molar-refractivity contribution in [1.29, 1.82) is 0 Å². The molecule has 0 aliphatic rings. The first-order chi connectivity index (χ1) is 6.36. The van der Waals surface area contributed by atoms with Gasteiger partial charge in [-0.1, -0.05) is 44.2 Å². The molecule has 0 fully saturated rings. The van der Waals surface area contributed by atoms with Gasteiger partial charge in [0.05, 0.1) is 0 Å². The summed E-state index contributed by atoms with van der Waals surface area (Å²) in [6, 6.07) is 10.7. The van der Waals surface area contributed by atoms with Crippen molar-refractivity contribution in [2.24, 2.45) is 0 Å². The predicted molar refractivity (Wildman–Crippen MR) is 57.9 cm³/mol. The van der Waals surface area contributed by atoms with Gasteiger partial charge in [-0.3, -0.25) is 0 Å². The lowest BCUT2D eigenvalue weighted by Crippen LogP contribution is -2.25. The van der Waals surface area contributed by atoms with Crippen LogP contribution in [0.15, 0.2) is 30.3 Å². The molecule has 0 radical (unpaired) electrons. The molecule has 1 nitrogen and oxygen atoms in total. The van der Waals surface area contributed by atoms with E-state index in [-0.39, 0.29) is 0 Å². The average Bonchev–Trinajstić information content (AvgIpc) is 2.21. The van der Waals surface area contributed by atoms with Gasteiger partial charge in [0, 0.05) is 6.54 Å². The Morgan fingerprint density at radius 3 is 2.15 bits per heavy atom. The monoisotopic (exact) mass is 177 g/mol. The molecule has 1 aromatic carbocycles. The predicted octanol–water partition coefficient (Wildman–Crippen LogP) is 2.57. The van der Waals surface area contributed by atoms with Crippen molar-refractivity contribution in [1.82, 2.24) is 4.90 Å². The second-order valence-corrected chi connectivity index (χ2v) is 3.26. The van der Waals surface area contributed by atoms with Crippen LogP contribution < -0.4 is 0 Å². The van der Waals surface area contributed by atoms with Gasteiger partial charge in [-0.25, -0.2) is 0 Å². The van der Waals surface area contributed by atoms with E-state index in [9.17, 15) is 0 Å². The van der Waals surface area contributed by atoms with E-state index in [1.807, 2.05) is 0 Å². The highest BCUT2D eigenvalue weighted by Crippen LogP contribution is 2.00. The summed E-state index contributed by atoms with van der Waals surface area (Å²) in [5, 5.41) is 0. The number of hydrogen-bond donors (Lipinski definition) is 0. The van der Waals surface area contributed by atoms with Crippen LogP contribution in [0.3, 0.4) is 0 Å². The molecule has 0 saturated carbocycles. The van der Waals surface area contributed by atoms with Crippen molar-refractivity contribution in [2.75, 3.05) is 19.6 Å². The average molecular weight is 177 g/mol. The van der Waals surface area contributed by atoms with E-state index in [1.54, 1.807) is 0 Å². The molecule has 0 unspecified atom stereocenters. The summed E-state index contributed by atoms with van der Waals surface area (Å²) in [5.74, 6) is 0. The lowest BCUT2D eigenvalue weighted by atomic mass is 10.1. The van der Waals surface area contributed by atoms with Crippen molar-refractivity contribution < 1.29 is 0 Å². The molecule has 0 amide bonds. The van der Waals surface area contributed by atoms with Gasteiger partial charge in [-0.05, 0) is 25.1 Å². The summed E-state index contributed by atoms with van der Waals surface area (Å²) < 4.78 is 0. The highest BCUT2D eigenvalue weighted by molar-refractivity contribution is 5.14. The molecule has 0 atom stereocenters. The third kappa shape index (κ3) is 3.60. The third-order valence-electron chi connectivity index (χ3n) is 2.45. The molecule has 1 heteroatoms. The third-order valence-corrected chi connectivity index (χ3v) is 2.45. The fourth-order valence-corrected chi connectivity index (χ4v) is 1.47. The maximum absolute atomic E-state index is 2.45. The summed E-state index contributed by atoms with van der Waals surface area (Å²) >= 11 is 0. The van der Waals surface area contributed by atoms with Gasteiger partial charge in [0.1, 0.15) is 0 Å². The zero-order valence-corrected chi connectivity index (χ0v) is 8.66. The number of likely N-dealkylation sites (N-methyl/N-ethyl adjacent to an activating group) is 1. The fraction of sp³-hybridized carbons (Fsp3) is 0.500. The van der Waals surface area contributed by atoms with E-state index in [1.165, 1.54) is 18.5 Å². The Balaban J connectivity index is 2.34. The molecule has 0 N–H and O–H groups in total. The van der Waals surface area contributed by atoms with Gasteiger partial charge in [0.2, 0.25) is 0 Å². The van der Waals surface area contributed by atoms with Crippen molar-refractivity contribution >= 4 is 0 Å². The maximum Gasteiger partial charge on any atom is 0.00216 e. The molecule has 0 bridgehead atoms. The molecule has 0 aromatic heterocycles. The van der Waals surface area contributed by atoms with Gasteiger partial charge in [0.15, 0.2) is 0 Å². The van der Waals surface area contributed by atoms with Crippen LogP contribution >= 0.6 is 0 Å². The second-order valence-electron chi connectivity index (χ2n) is 3.26. The molecule has 0 heterocycles. The Labute approximate surface area is 81.4 Å². The minimum Gasteiger partial charge on any atom is -0.304 e. The zero-order chi connectivity index (χ0) is 9.52. The van der Waals surface area contributed by atoms with Crippen LogP contribution in [0.5, 0.6) is 0 Å². The molecule has 1 aromatic rings. The number of benzene rings is 1. The van der Waals surface area contributed by atoms with E-state index in [0.717, 1.165) is 13.1 Å². The Hall–Kier alpha value is -0.820. The van der Waals surface area contributed by atoms with E-state index >= 15 is 0 Å². The first-order valence-corrected chi connectivity index (χ1v) is 5.13. The molecule has 0 spiro atoms.